The summed E-state index contributed by atoms with van der Waals surface area (Å²) in [5.41, 5.74) is 8.29. The molecule has 2 rings (SSSR count). The summed E-state index contributed by atoms with van der Waals surface area (Å²) < 4.78 is 10.5. The molecule has 0 saturated carbocycles. The van der Waals surface area contributed by atoms with Crippen molar-refractivity contribution < 1.29 is 9.47 Å². The quantitative estimate of drug-likeness (QED) is 0.938. The third-order valence-corrected chi connectivity index (χ3v) is 3.34. The number of methoxy groups -OCH3 is 2. The van der Waals surface area contributed by atoms with Crippen LogP contribution in [-0.4, -0.2) is 14.2 Å². The van der Waals surface area contributed by atoms with E-state index in [1.807, 2.05) is 29.6 Å². The van der Waals surface area contributed by atoms with E-state index >= 15 is 0 Å². The molecule has 0 radical (unpaired) electrons. The number of thiophene rings is 1. The summed E-state index contributed by atoms with van der Waals surface area (Å²) in [7, 11) is 3.27. The molecule has 0 fully saturated rings. The van der Waals surface area contributed by atoms with Gasteiger partial charge >= 0.3 is 0 Å². The summed E-state index contributed by atoms with van der Waals surface area (Å²) in [5, 5.41) is 4.07. The first-order chi connectivity index (χ1) is 8.24. The molecule has 18 heavy (non-hydrogen) atoms. The molecule has 0 unspecified atom stereocenters. The standard InChI is InChI=1S/C13H15NO2S.ClH/c1-15-11-5-10(6-12(7-11)16-2)13(14)9-3-4-17-8-9;/h3-8,13H,14H2,1-2H3;1H/t13-;/m0./s1. The summed E-state index contributed by atoms with van der Waals surface area (Å²) in [6, 6.07) is 7.59. The van der Waals surface area contributed by atoms with Crippen LogP contribution in [0.25, 0.3) is 0 Å². The minimum atomic E-state index is -0.148. The predicted octanol–water partition coefficient (Wildman–Crippen LogP) is 3.24. The lowest BCUT2D eigenvalue weighted by atomic mass is 10.0. The van der Waals surface area contributed by atoms with Crippen LogP contribution in [0.1, 0.15) is 17.2 Å². The fourth-order valence-electron chi connectivity index (χ4n) is 1.65. The number of rotatable bonds is 4. The van der Waals surface area contributed by atoms with Crippen LogP contribution >= 0.6 is 23.7 Å². The topological polar surface area (TPSA) is 44.5 Å². The fraction of sp³-hybridized carbons (Fsp3) is 0.231. The monoisotopic (exact) mass is 285 g/mol. The van der Waals surface area contributed by atoms with Crippen LogP contribution in [0.15, 0.2) is 35.0 Å². The zero-order valence-electron chi connectivity index (χ0n) is 10.3. The number of benzene rings is 1. The fourth-order valence-corrected chi connectivity index (χ4v) is 2.35. The van der Waals surface area contributed by atoms with Gasteiger partial charge in [-0.15, -0.1) is 12.4 Å². The Hall–Kier alpha value is -1.23. The Morgan fingerprint density at radius 2 is 1.67 bits per heavy atom. The van der Waals surface area contributed by atoms with Gasteiger partial charge in [0.05, 0.1) is 20.3 Å². The molecule has 0 aliphatic rings. The van der Waals surface area contributed by atoms with Gasteiger partial charge in [-0.25, -0.2) is 0 Å². The van der Waals surface area contributed by atoms with E-state index in [2.05, 4.69) is 5.38 Å². The maximum atomic E-state index is 6.20. The second kappa shape index (κ2) is 6.64. The second-order valence-corrected chi connectivity index (χ2v) is 4.46. The van der Waals surface area contributed by atoms with Crippen molar-refractivity contribution in [1.29, 1.82) is 0 Å². The Labute approximate surface area is 117 Å². The van der Waals surface area contributed by atoms with Crippen LogP contribution in [0.2, 0.25) is 0 Å². The Morgan fingerprint density at radius 3 is 2.11 bits per heavy atom. The Balaban J connectivity index is 0.00000162. The molecule has 0 amide bonds. The molecule has 1 aromatic carbocycles. The Morgan fingerprint density at radius 1 is 1.06 bits per heavy atom. The van der Waals surface area contributed by atoms with E-state index in [-0.39, 0.29) is 18.4 Å². The Bertz CT molecular complexity index is 465. The Kier molecular flexibility index (Phi) is 5.47. The summed E-state index contributed by atoms with van der Waals surface area (Å²) in [5.74, 6) is 1.51. The van der Waals surface area contributed by atoms with Crippen molar-refractivity contribution in [3.63, 3.8) is 0 Å². The zero-order chi connectivity index (χ0) is 12.3. The van der Waals surface area contributed by atoms with Crippen LogP contribution < -0.4 is 15.2 Å². The lowest BCUT2D eigenvalue weighted by Gasteiger charge is -2.13. The third-order valence-electron chi connectivity index (χ3n) is 2.64. The SMILES string of the molecule is COc1cc(OC)cc([C@@H](N)c2ccsc2)c1.Cl. The van der Waals surface area contributed by atoms with Crippen LogP contribution in [0.3, 0.4) is 0 Å². The van der Waals surface area contributed by atoms with Crippen molar-refractivity contribution in [2.75, 3.05) is 14.2 Å². The van der Waals surface area contributed by atoms with Gasteiger partial charge < -0.3 is 15.2 Å². The molecule has 0 aliphatic heterocycles. The van der Waals surface area contributed by atoms with E-state index in [0.29, 0.717) is 0 Å². The van der Waals surface area contributed by atoms with Gasteiger partial charge in [-0.1, -0.05) is 0 Å². The highest BCUT2D eigenvalue weighted by atomic mass is 35.5. The normalized spacial score (nSPS) is 11.5. The lowest BCUT2D eigenvalue weighted by Crippen LogP contribution is -2.11. The molecule has 1 aromatic heterocycles. The predicted molar refractivity (Wildman–Crippen MR) is 77.1 cm³/mol. The van der Waals surface area contributed by atoms with Crippen LogP contribution in [-0.2, 0) is 0 Å². The van der Waals surface area contributed by atoms with Gasteiger partial charge in [-0.05, 0) is 40.1 Å². The average Bonchev–Trinajstić information content (AvgIpc) is 2.91. The molecule has 2 N–H and O–H groups in total. The third kappa shape index (κ3) is 3.16. The largest absolute Gasteiger partial charge is 0.497 e. The van der Waals surface area contributed by atoms with Crippen LogP contribution in [0, 0.1) is 0 Å². The first kappa shape index (κ1) is 14.8. The highest BCUT2D eigenvalue weighted by molar-refractivity contribution is 7.08. The number of hydrogen-bond donors (Lipinski definition) is 1. The first-order valence-electron chi connectivity index (χ1n) is 5.25. The van der Waals surface area contributed by atoms with Crippen molar-refractivity contribution >= 4 is 23.7 Å². The van der Waals surface area contributed by atoms with E-state index < -0.39 is 0 Å². The summed E-state index contributed by atoms with van der Waals surface area (Å²) in [6.07, 6.45) is 0. The van der Waals surface area contributed by atoms with Crippen molar-refractivity contribution in [2.45, 2.75) is 6.04 Å². The number of nitrogens with two attached hydrogens (primary N) is 1. The number of hydrogen-bond acceptors (Lipinski definition) is 4. The highest BCUT2D eigenvalue weighted by Gasteiger charge is 2.12. The molecule has 1 heterocycles. The van der Waals surface area contributed by atoms with Crippen molar-refractivity contribution in [3.05, 3.63) is 46.2 Å². The van der Waals surface area contributed by atoms with Gasteiger partial charge in [0.1, 0.15) is 11.5 Å². The molecular weight excluding hydrogens is 270 g/mol. The average molecular weight is 286 g/mol. The zero-order valence-corrected chi connectivity index (χ0v) is 11.9. The summed E-state index contributed by atoms with van der Waals surface area (Å²) in [4.78, 5) is 0. The number of ether oxygens (including phenoxy) is 2. The lowest BCUT2D eigenvalue weighted by molar-refractivity contribution is 0.393. The van der Waals surface area contributed by atoms with Gasteiger partial charge in [-0.3, -0.25) is 0 Å². The van der Waals surface area contributed by atoms with Gasteiger partial charge in [0.15, 0.2) is 0 Å². The molecule has 0 aliphatic carbocycles. The minimum absolute atomic E-state index is 0. The molecule has 2 aromatic rings. The highest BCUT2D eigenvalue weighted by Crippen LogP contribution is 2.29. The van der Waals surface area contributed by atoms with E-state index in [1.165, 1.54) is 0 Å². The number of halogens is 1. The van der Waals surface area contributed by atoms with E-state index in [4.69, 9.17) is 15.2 Å². The van der Waals surface area contributed by atoms with Crippen LogP contribution in [0.4, 0.5) is 0 Å². The van der Waals surface area contributed by atoms with Crippen molar-refractivity contribution in [3.8, 4) is 11.5 Å². The van der Waals surface area contributed by atoms with Gasteiger partial charge in [0.25, 0.3) is 0 Å². The second-order valence-electron chi connectivity index (χ2n) is 3.68. The molecule has 0 saturated heterocycles. The molecular formula is C13H16ClNO2S. The van der Waals surface area contributed by atoms with Crippen molar-refractivity contribution in [2.24, 2.45) is 5.73 Å². The molecule has 3 nitrogen and oxygen atoms in total. The van der Waals surface area contributed by atoms with Gasteiger partial charge in [-0.2, -0.15) is 11.3 Å². The van der Waals surface area contributed by atoms with E-state index in [1.54, 1.807) is 25.6 Å². The first-order valence-corrected chi connectivity index (χ1v) is 6.19. The van der Waals surface area contributed by atoms with Crippen molar-refractivity contribution in [1.82, 2.24) is 0 Å². The smallest absolute Gasteiger partial charge is 0.122 e. The van der Waals surface area contributed by atoms with E-state index in [0.717, 1.165) is 22.6 Å². The maximum Gasteiger partial charge on any atom is 0.122 e. The molecule has 1 atom stereocenters. The molecule has 5 heteroatoms. The molecule has 0 spiro atoms. The minimum Gasteiger partial charge on any atom is -0.497 e. The maximum absolute atomic E-state index is 6.20. The van der Waals surface area contributed by atoms with E-state index in [9.17, 15) is 0 Å². The molecule has 0 bridgehead atoms. The van der Waals surface area contributed by atoms with Gasteiger partial charge in [0.2, 0.25) is 0 Å². The van der Waals surface area contributed by atoms with Gasteiger partial charge in [0, 0.05) is 6.07 Å². The molecule has 98 valence electrons. The summed E-state index contributed by atoms with van der Waals surface area (Å²) in [6.45, 7) is 0. The van der Waals surface area contributed by atoms with Crippen LogP contribution in [0.5, 0.6) is 11.5 Å². The summed E-state index contributed by atoms with van der Waals surface area (Å²) >= 11 is 1.64.